The third kappa shape index (κ3) is 21.0. The van der Waals surface area contributed by atoms with Crippen LogP contribution in [0.15, 0.2) is 250 Å². The fourth-order valence-corrected chi connectivity index (χ4v) is 14.5. The number of rotatable bonds is 21. The maximum atomic E-state index is 13.3. The van der Waals surface area contributed by atoms with E-state index in [1.54, 1.807) is 34.3 Å². The topological polar surface area (TPSA) is 223 Å². The quantitative estimate of drug-likeness (QED) is 0.0257. The van der Waals surface area contributed by atoms with E-state index in [0.717, 1.165) is 70.4 Å². The summed E-state index contributed by atoms with van der Waals surface area (Å²) in [5, 5.41) is 6.12. The number of ether oxygens (including phenoxy) is 5. The SMILES string of the molecule is COc1ccc(C(CC[C@H]2O[C@@H](n3cc(C)c(=O)[nH]c3=O)C[C@H]2N)(c2ccccc2)c2ccccc2)cc1.COc1ccc(C(CC[C@H]2O[C@@H](n3cc(C)c(=O)[nH]c3=O)C[C@H]2NC(=S)NC(=O)OCC2c3ccccc3-c3ccccc32)(c2ccccc2)c2ccccc2)cc1.PP(P)P(P)P.PPP(P)P. The summed E-state index contributed by atoms with van der Waals surface area (Å²) in [5.41, 5.74) is 15.7. The Hall–Kier alpha value is -5.51. The number of H-pyrrole nitrogens is 2. The van der Waals surface area contributed by atoms with Crippen LogP contribution in [-0.4, -0.2) is 75.4 Å². The van der Waals surface area contributed by atoms with Gasteiger partial charge >= 0.3 is 17.5 Å². The summed E-state index contributed by atoms with van der Waals surface area (Å²) in [4.78, 5) is 67.8. The van der Waals surface area contributed by atoms with Crippen LogP contribution in [0.5, 0.6) is 11.5 Å². The van der Waals surface area contributed by atoms with Crippen molar-refractivity contribution >= 4 is 115 Å². The molecule has 10 aromatic rings. The third-order valence-corrected chi connectivity index (χ3v) is 53.0. The van der Waals surface area contributed by atoms with Gasteiger partial charge in [-0.2, -0.15) is 0 Å². The monoisotopic (exact) mass is 1660 g/mol. The highest BCUT2D eigenvalue weighted by molar-refractivity contribution is 8.92. The molecule has 8 aromatic carbocycles. The molecule has 2 aromatic heterocycles. The number of nitrogens with two attached hydrogens (primary N) is 1. The maximum absolute atomic E-state index is 13.3. The van der Waals surface area contributed by atoms with Crippen molar-refractivity contribution in [3.05, 3.63) is 328 Å². The molecule has 2 aliphatic heterocycles. The largest absolute Gasteiger partial charge is 0.497 e. The van der Waals surface area contributed by atoms with E-state index in [2.05, 4.69) is 204 Å². The summed E-state index contributed by atoms with van der Waals surface area (Å²) >= 11 is 5.72. The number of carbonyl (C=O) groups is 1. The van der Waals surface area contributed by atoms with Gasteiger partial charge in [0.1, 0.15) is 30.6 Å². The molecule has 0 spiro atoms. The van der Waals surface area contributed by atoms with Crippen LogP contribution in [-0.2, 0) is 25.0 Å². The Morgan fingerprint density at radius 2 is 0.907 bits per heavy atom. The Bertz CT molecular complexity index is 4690. The molecule has 0 saturated carbocycles. The summed E-state index contributed by atoms with van der Waals surface area (Å²) in [5.74, 6) is 1.45. The number of fused-ring (bicyclic) bond motifs is 3. The van der Waals surface area contributed by atoms with E-state index >= 15 is 0 Å². The lowest BCUT2D eigenvalue weighted by Gasteiger charge is -2.37. The van der Waals surface area contributed by atoms with E-state index in [0.29, 0.717) is 43.2 Å². The first-order valence-electron chi connectivity index (χ1n) is 34.6. The molecule has 8 unspecified atom stereocenters. The number of thiocarbonyl (C=S) groups is 1. The van der Waals surface area contributed by atoms with Crippen LogP contribution in [0.4, 0.5) is 4.79 Å². The molecule has 0 bridgehead atoms. The van der Waals surface area contributed by atoms with Gasteiger partial charge in [0.2, 0.25) is 0 Å². The van der Waals surface area contributed by atoms with Crippen LogP contribution in [0.1, 0.15) is 113 Å². The molecule has 3 aliphatic rings. The minimum absolute atomic E-state index is 0.0778. The number of hydrogen-bond acceptors (Lipinski definition) is 12. The molecule has 2 fully saturated rings. The molecule has 13 rings (SSSR count). The van der Waals surface area contributed by atoms with Crippen molar-refractivity contribution < 1.29 is 28.5 Å². The smallest absolute Gasteiger partial charge is 0.413 e. The van der Waals surface area contributed by atoms with E-state index < -0.39 is 58.5 Å². The lowest BCUT2D eigenvalue weighted by molar-refractivity contribution is -0.00942. The standard InChI is InChI=1S/C47H44N4O6S.C31H33N3O4.H8P6.H7P5/c1-30-28-51(45(53)49-43(30)52)42-27-40(48-44(58)50-46(54)56-29-39-37-19-11-9-17-35(37)36-18-10-12-20-38(36)39)41(57-42)25-26-47(31-13-5-3-6-14-31,32-15-7-4-8-16-32)33-21-23-34(55-2)24-22-33;1-21-20-34(30(36)33-29(21)35)28-19-26(32)27(38-28)17-18-31(22-9-5-3-6-10-22,23-11-7-4-8-12-23)24-13-15-25(37-2)16-14-24;1-5(2)6(3)4;1-4-5(2)3/h3-24,28,39-42H,25-27,29H2,1-2H3,(H,49,52,53)(H2,48,50,54,58);3-16,20,26-28H,17-19,32H2,1-2H3,(H,33,35,36);1-4H2;4H,1-3H2/t40-,41-,42-;26-,27-,28-;;/m11../s1. The van der Waals surface area contributed by atoms with Crippen molar-refractivity contribution in [3.8, 4) is 22.6 Å². The molecule has 4 heterocycles. The van der Waals surface area contributed by atoms with Gasteiger partial charge in [-0.25, -0.2) is 14.4 Å². The van der Waals surface area contributed by atoms with E-state index in [4.69, 9.17) is 41.6 Å². The fourth-order valence-electron chi connectivity index (χ4n) is 14.3. The zero-order chi connectivity index (χ0) is 76.4. The Kier molecular flexibility index (Phi) is 31.5. The lowest BCUT2D eigenvalue weighted by atomic mass is 9.66. The first-order valence-corrected chi connectivity index (χ1v) is 53.1. The van der Waals surface area contributed by atoms with Crippen molar-refractivity contribution in [3.63, 3.8) is 0 Å². The number of aryl methyl sites for hydroxylation is 2. The molecule has 1 aliphatic carbocycles. The summed E-state index contributed by atoms with van der Waals surface area (Å²) in [6, 6.07) is 73.7. The minimum Gasteiger partial charge on any atom is -0.497 e. The Morgan fingerprint density at radius 1 is 0.551 bits per heavy atom. The summed E-state index contributed by atoms with van der Waals surface area (Å²) < 4.78 is 32.7. The molecule has 29 heteroatoms. The fraction of sp³-hybridized carbons (Fsp3) is 0.256. The van der Waals surface area contributed by atoms with Gasteiger partial charge in [-0.3, -0.25) is 34.0 Å². The summed E-state index contributed by atoms with van der Waals surface area (Å²) in [7, 11) is 23.7. The molecular formula is C78H92N7O10P11S. The first kappa shape index (κ1) is 84.0. The van der Waals surface area contributed by atoms with Crippen molar-refractivity contribution in [1.29, 1.82) is 0 Å². The number of methoxy groups -OCH3 is 2. The number of aromatic amines is 2. The number of carbonyl (C=O) groups excluding carboxylic acids is 1. The maximum Gasteiger partial charge on any atom is 0.413 e. The van der Waals surface area contributed by atoms with E-state index in [9.17, 15) is 24.0 Å². The number of benzene rings is 8. The first-order chi connectivity index (χ1) is 51.6. The number of aromatic nitrogens is 4. The molecule has 14 atom stereocenters. The van der Waals surface area contributed by atoms with Gasteiger partial charge in [0.15, 0.2) is 5.11 Å². The lowest BCUT2D eigenvalue weighted by Crippen LogP contribution is -2.48. The molecule has 107 heavy (non-hydrogen) atoms. The Morgan fingerprint density at radius 3 is 1.29 bits per heavy atom. The van der Waals surface area contributed by atoms with Crippen LogP contribution >= 0.6 is 104 Å². The summed E-state index contributed by atoms with van der Waals surface area (Å²) in [6.07, 6.45) is 3.77. The third-order valence-electron chi connectivity index (χ3n) is 19.6. The van der Waals surface area contributed by atoms with Gasteiger partial charge in [0.25, 0.3) is 11.1 Å². The molecular weight excluding hydrogens is 1570 g/mol. The minimum atomic E-state index is -0.716. The number of amides is 1. The van der Waals surface area contributed by atoms with Crippen LogP contribution in [0.25, 0.3) is 11.1 Å². The number of alkyl carbamates (subject to hydrolysis) is 1. The second kappa shape index (κ2) is 40.1. The molecule has 2 saturated heterocycles. The van der Waals surface area contributed by atoms with Crippen molar-refractivity contribution in [1.82, 2.24) is 29.7 Å². The van der Waals surface area contributed by atoms with Crippen molar-refractivity contribution in [2.45, 2.75) is 106 Å². The predicted molar refractivity (Wildman–Crippen MR) is 472 cm³/mol. The van der Waals surface area contributed by atoms with Gasteiger partial charge in [-0.05, 0) is 153 Å². The predicted octanol–water partition coefficient (Wildman–Crippen LogP) is 17.5. The highest BCUT2D eigenvalue weighted by Gasteiger charge is 2.44. The zero-order valence-corrected chi connectivity index (χ0v) is 72.4. The van der Waals surface area contributed by atoms with Crippen LogP contribution < -0.4 is 48.3 Å². The number of hydrogen-bond donors (Lipinski definition) is 5. The zero-order valence-electron chi connectivity index (χ0n) is 59.8. The molecule has 6 N–H and O–H groups in total. The Labute approximate surface area is 651 Å². The second-order valence-corrected chi connectivity index (χ2v) is 60.1. The normalized spacial score (nSPS) is 17.4. The van der Waals surface area contributed by atoms with E-state index in [1.165, 1.54) is 26.5 Å². The van der Waals surface area contributed by atoms with Crippen LogP contribution in [0.3, 0.4) is 0 Å². The van der Waals surface area contributed by atoms with Gasteiger partial charge in [0, 0.05) is 59.2 Å². The molecule has 560 valence electrons. The highest BCUT2D eigenvalue weighted by atomic mass is 33.0. The Balaban J connectivity index is 0.000000213. The average molecular weight is 1660 g/mol. The van der Waals surface area contributed by atoms with E-state index in [-0.39, 0.29) is 56.3 Å². The summed E-state index contributed by atoms with van der Waals surface area (Å²) in [6.45, 7) is 4.01. The van der Waals surface area contributed by atoms with E-state index in [1.807, 2.05) is 97.1 Å². The number of nitrogens with one attached hydrogen (secondary N) is 4. The van der Waals surface area contributed by atoms with Crippen molar-refractivity contribution in [2.75, 3.05) is 20.8 Å². The average Bonchev–Trinajstić information content (AvgIpc) is 1.36. The van der Waals surface area contributed by atoms with Gasteiger partial charge in [-0.15, -0.1) is 62.5 Å². The van der Waals surface area contributed by atoms with Gasteiger partial charge in [0.05, 0.1) is 32.5 Å². The van der Waals surface area contributed by atoms with Crippen LogP contribution in [0.2, 0.25) is 0 Å². The number of nitrogens with zero attached hydrogens (tertiary/aromatic N) is 2. The molecule has 17 nitrogen and oxygen atoms in total. The van der Waals surface area contributed by atoms with Crippen molar-refractivity contribution in [2.24, 2.45) is 5.73 Å². The molecule has 1 amide bonds. The highest BCUT2D eigenvalue weighted by Crippen LogP contribution is 2.86. The van der Waals surface area contributed by atoms with Gasteiger partial charge in [-0.1, -0.05) is 202 Å². The second-order valence-electron chi connectivity index (χ2n) is 26.0. The van der Waals surface area contributed by atoms with Crippen LogP contribution in [0, 0.1) is 13.8 Å². The molecule has 0 radical (unpaired) electrons. The van der Waals surface area contributed by atoms with Gasteiger partial charge < -0.3 is 34.7 Å².